The predicted octanol–water partition coefficient (Wildman–Crippen LogP) is -2.18. The number of oxime groups is 1. The summed E-state index contributed by atoms with van der Waals surface area (Å²) in [4.78, 5) is 47.0. The molecule has 0 aliphatic carbocycles. The molecule has 1 fully saturated rings. The first-order valence-corrected chi connectivity index (χ1v) is 12.4. The number of hydrogen-bond acceptors (Lipinski definition) is 13. The molecule has 1 saturated heterocycles. The molecule has 196 valence electrons. The van der Waals surface area contributed by atoms with E-state index in [1.54, 1.807) is 7.05 Å². The van der Waals surface area contributed by atoms with Crippen molar-refractivity contribution in [2.75, 3.05) is 12.8 Å². The van der Waals surface area contributed by atoms with E-state index in [1.165, 1.54) is 25.4 Å². The Bertz CT molecular complexity index is 1300. The third-order valence-electron chi connectivity index (χ3n) is 4.86. The molecule has 2 amide bonds. The number of aliphatic carboxylic acids is 1. The molecule has 2 unspecified atom stereocenters. The van der Waals surface area contributed by atoms with E-state index in [-0.39, 0.29) is 21.7 Å². The molecule has 3 rings (SSSR count). The zero-order valence-electron chi connectivity index (χ0n) is 19.1. The van der Waals surface area contributed by atoms with E-state index in [0.29, 0.717) is 12.2 Å². The highest BCUT2D eigenvalue weighted by Gasteiger charge is 2.54. The molecule has 2 aromatic heterocycles. The van der Waals surface area contributed by atoms with Crippen molar-refractivity contribution in [3.63, 3.8) is 0 Å². The molecular formula is C17H23N9O8S2. The summed E-state index contributed by atoms with van der Waals surface area (Å²) in [6.45, 7) is 2.46. The number of nitrogen functional groups attached to an aromatic ring is 1. The summed E-state index contributed by atoms with van der Waals surface area (Å²) in [6.07, 6.45) is 1.42. The van der Waals surface area contributed by atoms with Crippen LogP contribution in [-0.4, -0.2) is 90.6 Å². The third-order valence-corrected chi connectivity index (χ3v) is 6.48. The number of hydrogen-bond donors (Lipinski definition) is 5. The molecule has 0 aromatic carbocycles. The highest BCUT2D eigenvalue weighted by Crippen LogP contribution is 2.25. The van der Waals surface area contributed by atoms with Crippen LogP contribution >= 0.6 is 11.3 Å². The van der Waals surface area contributed by atoms with Crippen molar-refractivity contribution < 1.29 is 37.3 Å². The fraction of sp³-hybridized carbons (Fsp3) is 0.471. The lowest BCUT2D eigenvalue weighted by atomic mass is 9.98. The van der Waals surface area contributed by atoms with E-state index in [1.807, 2.05) is 0 Å². The minimum Gasteiger partial charge on any atom is -0.478 e. The van der Waals surface area contributed by atoms with Gasteiger partial charge in [-0.15, -0.1) is 11.3 Å². The number of anilines is 1. The fourth-order valence-corrected chi connectivity index (χ4v) is 4.42. The van der Waals surface area contributed by atoms with Gasteiger partial charge in [0.15, 0.2) is 10.8 Å². The van der Waals surface area contributed by atoms with Gasteiger partial charge in [0.05, 0.1) is 18.4 Å². The lowest BCUT2D eigenvalue weighted by molar-refractivity contribution is -0.161. The maximum absolute atomic E-state index is 13.1. The summed E-state index contributed by atoms with van der Waals surface area (Å²) in [5.74, 6) is -3.53. The van der Waals surface area contributed by atoms with Crippen LogP contribution in [0.2, 0.25) is 0 Å². The van der Waals surface area contributed by atoms with Crippen molar-refractivity contribution in [3.05, 3.63) is 23.0 Å². The van der Waals surface area contributed by atoms with E-state index in [9.17, 15) is 32.5 Å². The van der Waals surface area contributed by atoms with Gasteiger partial charge in [0.2, 0.25) is 5.60 Å². The van der Waals surface area contributed by atoms with Crippen molar-refractivity contribution in [3.8, 4) is 0 Å². The topological polar surface area (TPSA) is 244 Å². The average molecular weight is 546 g/mol. The van der Waals surface area contributed by atoms with Crippen molar-refractivity contribution in [2.24, 2.45) is 5.16 Å². The SMILES string of the molecule is CNCc1cnn(CC2C(NC(=O)C(=NOC(C)(C)C(=O)O)c3csc(N)n3)C(=O)N2S(=O)(=O)O)n1. The Morgan fingerprint density at radius 3 is 2.64 bits per heavy atom. The molecule has 36 heavy (non-hydrogen) atoms. The van der Waals surface area contributed by atoms with Gasteiger partial charge in [-0.25, -0.2) is 14.1 Å². The van der Waals surface area contributed by atoms with E-state index in [0.717, 1.165) is 16.1 Å². The van der Waals surface area contributed by atoms with Gasteiger partial charge in [0.25, 0.3) is 11.8 Å². The van der Waals surface area contributed by atoms with Crippen LogP contribution in [0.4, 0.5) is 5.13 Å². The number of aromatic nitrogens is 4. The molecule has 2 aromatic rings. The third kappa shape index (κ3) is 5.75. The molecule has 2 atom stereocenters. The van der Waals surface area contributed by atoms with Crippen molar-refractivity contribution in [1.82, 2.24) is 34.9 Å². The molecular weight excluding hydrogens is 522 g/mol. The Morgan fingerprint density at radius 1 is 1.39 bits per heavy atom. The maximum Gasteiger partial charge on any atom is 0.362 e. The van der Waals surface area contributed by atoms with Crippen molar-refractivity contribution in [2.45, 2.75) is 44.6 Å². The van der Waals surface area contributed by atoms with Gasteiger partial charge in [-0.1, -0.05) is 5.16 Å². The van der Waals surface area contributed by atoms with Gasteiger partial charge in [0, 0.05) is 11.9 Å². The molecule has 1 aliphatic heterocycles. The van der Waals surface area contributed by atoms with Crippen molar-refractivity contribution in [1.29, 1.82) is 0 Å². The second-order valence-electron chi connectivity index (χ2n) is 7.97. The Morgan fingerprint density at radius 2 is 2.08 bits per heavy atom. The minimum absolute atomic E-state index is 0.0697. The standard InChI is InChI=1S/C17H23N9O8S2/c1-17(2,15(29)30)34-24-11(9-7-35-16(18)21-9)13(27)22-12-10(26(14(12)28)36(31,32)33)6-25-20-5-8(23-25)4-19-3/h5,7,10,12,19H,4,6H2,1-3H3,(H2,18,21)(H,22,27)(H,29,30)(H,31,32,33). The zero-order chi connectivity index (χ0) is 26.8. The number of amides is 2. The number of nitrogens with two attached hydrogens (primary N) is 1. The van der Waals surface area contributed by atoms with Crippen LogP contribution in [0, 0.1) is 0 Å². The van der Waals surface area contributed by atoms with Crippen LogP contribution < -0.4 is 16.4 Å². The summed E-state index contributed by atoms with van der Waals surface area (Å²) < 4.78 is 33.2. The van der Waals surface area contributed by atoms with Crippen molar-refractivity contribution >= 4 is 50.3 Å². The molecule has 0 spiro atoms. The summed E-state index contributed by atoms with van der Waals surface area (Å²) in [7, 11) is -3.27. The number of carbonyl (C=O) groups is 3. The number of thiazole rings is 1. The highest BCUT2D eigenvalue weighted by molar-refractivity contribution is 7.84. The summed E-state index contributed by atoms with van der Waals surface area (Å²) in [6, 6.07) is -2.73. The smallest absolute Gasteiger partial charge is 0.362 e. The molecule has 0 bridgehead atoms. The first-order valence-electron chi connectivity index (χ1n) is 10.1. The van der Waals surface area contributed by atoms with Gasteiger partial charge in [0.1, 0.15) is 17.8 Å². The minimum atomic E-state index is -4.96. The van der Waals surface area contributed by atoms with Crippen LogP contribution in [0.15, 0.2) is 16.7 Å². The first kappa shape index (κ1) is 26.9. The van der Waals surface area contributed by atoms with E-state index in [4.69, 9.17) is 10.6 Å². The van der Waals surface area contributed by atoms with Crippen LogP contribution in [0.5, 0.6) is 0 Å². The number of β-lactam (4-membered cyclic amide) rings is 1. The van der Waals surface area contributed by atoms with E-state index in [2.05, 4.69) is 31.0 Å². The molecule has 3 heterocycles. The summed E-state index contributed by atoms with van der Waals surface area (Å²) in [5, 5.41) is 27.6. The molecule has 17 nitrogen and oxygen atoms in total. The first-order chi connectivity index (χ1) is 16.7. The largest absolute Gasteiger partial charge is 0.478 e. The number of carboxylic acid groups (broad SMARTS) is 1. The van der Waals surface area contributed by atoms with E-state index >= 15 is 0 Å². The van der Waals surface area contributed by atoms with Gasteiger partial charge >= 0.3 is 16.3 Å². The predicted molar refractivity (Wildman–Crippen MR) is 123 cm³/mol. The maximum atomic E-state index is 13.1. The normalized spacial score (nSPS) is 18.6. The van der Waals surface area contributed by atoms with Gasteiger partial charge in [-0.3, -0.25) is 14.1 Å². The zero-order valence-corrected chi connectivity index (χ0v) is 20.8. The second kappa shape index (κ2) is 10.1. The number of carbonyl (C=O) groups excluding carboxylic acids is 2. The molecule has 1 aliphatic rings. The van der Waals surface area contributed by atoms with Crippen LogP contribution in [-0.2, 0) is 42.6 Å². The number of carboxylic acids is 1. The Balaban J connectivity index is 1.88. The number of nitrogens with zero attached hydrogens (tertiary/aromatic N) is 6. The lowest BCUT2D eigenvalue weighted by Gasteiger charge is -2.43. The lowest BCUT2D eigenvalue weighted by Crippen LogP contribution is -2.73. The molecule has 19 heteroatoms. The molecule has 0 saturated carbocycles. The number of rotatable bonds is 11. The van der Waals surface area contributed by atoms with E-state index < -0.39 is 51.5 Å². The molecule has 0 radical (unpaired) electrons. The second-order valence-corrected chi connectivity index (χ2v) is 10.1. The quantitative estimate of drug-likeness (QED) is 0.0873. The Hall–Kier alpha value is -3.68. The van der Waals surface area contributed by atoms with Gasteiger partial charge in [-0.05, 0) is 20.9 Å². The molecule has 6 N–H and O–H groups in total. The van der Waals surface area contributed by atoms with Crippen LogP contribution in [0.1, 0.15) is 25.2 Å². The summed E-state index contributed by atoms with van der Waals surface area (Å²) in [5.41, 5.74) is 3.74. The van der Waals surface area contributed by atoms with Gasteiger partial charge in [-0.2, -0.15) is 23.4 Å². The Labute approximate surface area is 208 Å². The number of nitrogens with one attached hydrogen (secondary N) is 2. The van der Waals surface area contributed by atoms with Crippen LogP contribution in [0.25, 0.3) is 0 Å². The van der Waals surface area contributed by atoms with Crippen LogP contribution in [0.3, 0.4) is 0 Å². The summed E-state index contributed by atoms with van der Waals surface area (Å²) >= 11 is 0.963. The van der Waals surface area contributed by atoms with Gasteiger partial charge < -0.3 is 26.3 Å². The monoisotopic (exact) mass is 545 g/mol. The Kier molecular flexibility index (Phi) is 7.57. The average Bonchev–Trinajstić information content (AvgIpc) is 3.39. The highest BCUT2D eigenvalue weighted by atomic mass is 32.2. The fourth-order valence-electron chi connectivity index (χ4n) is 3.00.